The van der Waals surface area contributed by atoms with Gasteiger partial charge in [-0.25, -0.2) is 4.39 Å². The van der Waals surface area contributed by atoms with Crippen molar-refractivity contribution in [3.8, 4) is 0 Å². The zero-order chi connectivity index (χ0) is 17.9. The van der Waals surface area contributed by atoms with Gasteiger partial charge >= 0.3 is 0 Å². The molecule has 25 heavy (non-hydrogen) atoms. The highest BCUT2D eigenvalue weighted by atomic mass is 19.1. The van der Waals surface area contributed by atoms with Gasteiger partial charge in [0.05, 0.1) is 11.6 Å². The number of likely N-dealkylation sites (tertiary alicyclic amines) is 1. The number of aliphatic hydroxyl groups is 1. The average molecular weight is 341 g/mol. The lowest BCUT2D eigenvalue weighted by atomic mass is 9.84. The third-order valence-electron chi connectivity index (χ3n) is 5.16. The molecule has 0 saturated carbocycles. The fourth-order valence-electron chi connectivity index (χ4n) is 3.50. The molecule has 1 saturated heterocycles. The first-order chi connectivity index (χ1) is 12.0. The van der Waals surface area contributed by atoms with E-state index in [0.717, 1.165) is 5.56 Å². The van der Waals surface area contributed by atoms with Gasteiger partial charge in [0.1, 0.15) is 5.82 Å². The van der Waals surface area contributed by atoms with Crippen LogP contribution in [0.15, 0.2) is 54.6 Å². The first-order valence-electron chi connectivity index (χ1n) is 8.77. The molecule has 2 aromatic rings. The van der Waals surface area contributed by atoms with E-state index < -0.39 is 5.60 Å². The van der Waals surface area contributed by atoms with E-state index >= 15 is 0 Å². The van der Waals surface area contributed by atoms with E-state index in [0.29, 0.717) is 37.9 Å². The van der Waals surface area contributed by atoms with Crippen molar-refractivity contribution in [2.24, 2.45) is 0 Å². The maximum atomic E-state index is 13.0. The Hall–Kier alpha value is -2.04. The van der Waals surface area contributed by atoms with Crippen LogP contribution in [0.5, 0.6) is 0 Å². The lowest BCUT2D eigenvalue weighted by molar-refractivity contribution is -0.0267. The van der Waals surface area contributed by atoms with Crippen molar-refractivity contribution in [3.63, 3.8) is 0 Å². The lowest BCUT2D eigenvalue weighted by Crippen LogP contribution is -2.50. The fraction of sp³-hybridized carbons (Fsp3) is 0.381. The minimum absolute atomic E-state index is 0.00602. The summed E-state index contributed by atoms with van der Waals surface area (Å²) >= 11 is 0. The molecule has 3 nitrogen and oxygen atoms in total. The molecule has 1 atom stereocenters. The highest BCUT2D eigenvalue weighted by Crippen LogP contribution is 2.28. The molecule has 0 radical (unpaired) electrons. The summed E-state index contributed by atoms with van der Waals surface area (Å²) in [7, 11) is 0. The van der Waals surface area contributed by atoms with Gasteiger partial charge in [-0.2, -0.15) is 0 Å². The zero-order valence-electron chi connectivity index (χ0n) is 14.5. The number of rotatable bonds is 5. The zero-order valence-corrected chi connectivity index (χ0v) is 14.5. The van der Waals surface area contributed by atoms with Crippen molar-refractivity contribution in [1.29, 1.82) is 0 Å². The van der Waals surface area contributed by atoms with E-state index in [4.69, 9.17) is 0 Å². The van der Waals surface area contributed by atoms with Crippen molar-refractivity contribution < 1.29 is 14.3 Å². The summed E-state index contributed by atoms with van der Waals surface area (Å²) in [6.45, 7) is 3.24. The van der Waals surface area contributed by atoms with E-state index in [9.17, 15) is 14.3 Å². The summed E-state index contributed by atoms with van der Waals surface area (Å²) in [6, 6.07) is 15.4. The first-order valence-corrected chi connectivity index (χ1v) is 8.77. The number of carbonyl (C=O) groups is 1. The maximum absolute atomic E-state index is 13.0. The topological polar surface area (TPSA) is 40.5 Å². The van der Waals surface area contributed by atoms with Crippen molar-refractivity contribution in [3.05, 3.63) is 71.5 Å². The molecule has 1 aliphatic heterocycles. The molecule has 0 aliphatic carbocycles. The van der Waals surface area contributed by atoms with Crippen LogP contribution in [0, 0.1) is 5.82 Å². The van der Waals surface area contributed by atoms with Crippen molar-refractivity contribution in [2.45, 2.75) is 37.8 Å². The Kier molecular flexibility index (Phi) is 5.30. The van der Waals surface area contributed by atoms with Gasteiger partial charge in [0.2, 0.25) is 0 Å². The maximum Gasteiger partial charge on any atom is 0.179 e. The largest absolute Gasteiger partial charge is 0.389 e. The number of halogens is 1. The molecule has 3 rings (SSSR count). The monoisotopic (exact) mass is 341 g/mol. The molecule has 2 aromatic carbocycles. The molecule has 1 aliphatic rings. The Morgan fingerprint density at radius 1 is 1.12 bits per heavy atom. The molecule has 1 unspecified atom stereocenters. The number of benzene rings is 2. The molecule has 0 spiro atoms. The summed E-state index contributed by atoms with van der Waals surface area (Å²) < 4.78 is 13.0. The number of ketones is 1. The number of hydrogen-bond donors (Lipinski definition) is 1. The standard InChI is InChI=1S/C21H24FNO2/c1-16(20(24)18-7-9-19(22)10-8-18)23-13-11-21(25,12-14-23)15-17-5-3-2-4-6-17/h2-10,16,25H,11-15H2,1H3. The second-order valence-corrected chi connectivity index (χ2v) is 6.97. The number of Topliss-reactive ketones (excluding diaryl/α,β-unsaturated/α-hetero) is 1. The van der Waals surface area contributed by atoms with Crippen molar-refractivity contribution in [2.75, 3.05) is 13.1 Å². The van der Waals surface area contributed by atoms with Gasteiger partial charge in [-0.3, -0.25) is 9.69 Å². The summed E-state index contributed by atoms with van der Waals surface area (Å²) in [5, 5.41) is 10.9. The van der Waals surface area contributed by atoms with Gasteiger partial charge in [-0.15, -0.1) is 0 Å². The van der Waals surface area contributed by atoms with Crippen LogP contribution < -0.4 is 0 Å². The summed E-state index contributed by atoms with van der Waals surface area (Å²) in [6.07, 6.45) is 1.92. The molecule has 0 amide bonds. The molecule has 132 valence electrons. The average Bonchev–Trinajstić information content (AvgIpc) is 2.62. The normalized spacial score (nSPS) is 18.7. The van der Waals surface area contributed by atoms with E-state index in [1.54, 1.807) is 0 Å². The minimum Gasteiger partial charge on any atom is -0.389 e. The van der Waals surface area contributed by atoms with Crippen LogP contribution in [0.4, 0.5) is 4.39 Å². The molecule has 0 bridgehead atoms. The highest BCUT2D eigenvalue weighted by Gasteiger charge is 2.35. The molecule has 4 heteroatoms. The number of nitrogens with zero attached hydrogens (tertiary/aromatic N) is 1. The summed E-state index contributed by atoms with van der Waals surface area (Å²) in [4.78, 5) is 14.7. The van der Waals surface area contributed by atoms with Crippen LogP contribution in [-0.2, 0) is 6.42 Å². The van der Waals surface area contributed by atoms with Gasteiger partial charge in [0, 0.05) is 25.1 Å². The Balaban J connectivity index is 1.59. The lowest BCUT2D eigenvalue weighted by Gasteiger charge is -2.40. The molecular weight excluding hydrogens is 317 g/mol. The van der Waals surface area contributed by atoms with Crippen molar-refractivity contribution >= 4 is 5.78 Å². The van der Waals surface area contributed by atoms with Gasteiger partial charge in [-0.05, 0) is 49.6 Å². The molecule has 0 aromatic heterocycles. The summed E-state index contributed by atoms with van der Waals surface area (Å²) in [5.41, 5.74) is 0.948. The predicted octanol–water partition coefficient (Wildman–Crippen LogP) is 3.47. The Morgan fingerprint density at radius 3 is 2.32 bits per heavy atom. The third kappa shape index (κ3) is 4.33. The van der Waals surface area contributed by atoms with Gasteiger partial charge in [0.25, 0.3) is 0 Å². The fourth-order valence-corrected chi connectivity index (χ4v) is 3.50. The third-order valence-corrected chi connectivity index (χ3v) is 5.16. The summed E-state index contributed by atoms with van der Waals surface area (Å²) in [5.74, 6) is -0.346. The molecule has 1 heterocycles. The number of piperidine rings is 1. The molecule has 1 N–H and O–H groups in total. The highest BCUT2D eigenvalue weighted by molar-refractivity contribution is 5.99. The number of carbonyl (C=O) groups excluding carboxylic acids is 1. The van der Waals surface area contributed by atoms with Crippen LogP contribution in [0.25, 0.3) is 0 Å². The quantitative estimate of drug-likeness (QED) is 0.847. The van der Waals surface area contributed by atoms with E-state index in [-0.39, 0.29) is 17.6 Å². The molecule has 1 fully saturated rings. The van der Waals surface area contributed by atoms with Crippen molar-refractivity contribution in [1.82, 2.24) is 4.90 Å². The Labute approximate surface area is 148 Å². The molecular formula is C21H24FNO2. The van der Waals surface area contributed by atoms with E-state index in [2.05, 4.69) is 4.90 Å². The van der Waals surface area contributed by atoms with E-state index in [1.165, 1.54) is 24.3 Å². The van der Waals surface area contributed by atoms with Crippen LogP contribution in [0.2, 0.25) is 0 Å². The smallest absolute Gasteiger partial charge is 0.179 e. The predicted molar refractivity (Wildman–Crippen MR) is 96.1 cm³/mol. The van der Waals surface area contributed by atoms with E-state index in [1.807, 2.05) is 37.3 Å². The number of hydrogen-bond acceptors (Lipinski definition) is 3. The van der Waals surface area contributed by atoms with Crippen LogP contribution >= 0.6 is 0 Å². The van der Waals surface area contributed by atoms with Crippen LogP contribution in [0.3, 0.4) is 0 Å². The van der Waals surface area contributed by atoms with Gasteiger partial charge in [-0.1, -0.05) is 30.3 Å². The second-order valence-electron chi connectivity index (χ2n) is 6.97. The Morgan fingerprint density at radius 2 is 1.72 bits per heavy atom. The van der Waals surface area contributed by atoms with Gasteiger partial charge < -0.3 is 5.11 Å². The van der Waals surface area contributed by atoms with Crippen LogP contribution in [-0.4, -0.2) is 40.5 Å². The van der Waals surface area contributed by atoms with Gasteiger partial charge in [0.15, 0.2) is 5.78 Å². The minimum atomic E-state index is -0.712. The second kappa shape index (κ2) is 7.46. The Bertz CT molecular complexity index is 706. The first kappa shape index (κ1) is 17.8. The van der Waals surface area contributed by atoms with Crippen LogP contribution in [0.1, 0.15) is 35.7 Å². The SMILES string of the molecule is CC(C(=O)c1ccc(F)cc1)N1CCC(O)(Cc2ccccc2)CC1.